The molecule has 1 aliphatic rings. The van der Waals surface area contributed by atoms with E-state index < -0.39 is 0 Å². The van der Waals surface area contributed by atoms with Crippen molar-refractivity contribution in [2.75, 3.05) is 39.5 Å². The van der Waals surface area contributed by atoms with Gasteiger partial charge in [0.1, 0.15) is 0 Å². The van der Waals surface area contributed by atoms with Crippen molar-refractivity contribution in [2.45, 2.75) is 25.7 Å². The Morgan fingerprint density at radius 2 is 1.79 bits per heavy atom. The van der Waals surface area contributed by atoms with Crippen LogP contribution in [0, 0.1) is 0 Å². The van der Waals surface area contributed by atoms with Gasteiger partial charge in [0, 0.05) is 25.0 Å². The lowest BCUT2D eigenvalue weighted by Crippen LogP contribution is -2.37. The molecular formula is C16H25NO2. The van der Waals surface area contributed by atoms with E-state index in [9.17, 15) is 5.11 Å². The first-order valence-electron chi connectivity index (χ1n) is 7.12. The molecule has 2 rings (SSSR count). The fraction of sp³-hybridized carbons (Fsp3) is 0.625. The number of aliphatic hydroxyl groups excluding tert-OH is 1. The Kier molecular flexibility index (Phi) is 4.97. The van der Waals surface area contributed by atoms with Crippen molar-refractivity contribution < 1.29 is 9.84 Å². The average molecular weight is 263 g/mol. The van der Waals surface area contributed by atoms with Gasteiger partial charge in [-0.25, -0.2) is 0 Å². The fourth-order valence-electron chi connectivity index (χ4n) is 2.33. The van der Waals surface area contributed by atoms with Gasteiger partial charge in [0.05, 0.1) is 19.8 Å². The fourth-order valence-corrected chi connectivity index (χ4v) is 2.33. The van der Waals surface area contributed by atoms with Gasteiger partial charge in [0.15, 0.2) is 0 Å². The van der Waals surface area contributed by atoms with Crippen molar-refractivity contribution in [1.82, 2.24) is 4.90 Å². The van der Waals surface area contributed by atoms with E-state index in [1.165, 1.54) is 11.1 Å². The molecule has 0 unspecified atom stereocenters. The molecule has 1 saturated heterocycles. The molecule has 0 saturated carbocycles. The van der Waals surface area contributed by atoms with Gasteiger partial charge in [0.25, 0.3) is 0 Å². The quantitative estimate of drug-likeness (QED) is 0.880. The van der Waals surface area contributed by atoms with E-state index in [-0.39, 0.29) is 12.0 Å². The molecule has 1 aromatic rings. The van der Waals surface area contributed by atoms with Crippen LogP contribution >= 0.6 is 0 Å². The van der Waals surface area contributed by atoms with E-state index in [1.807, 2.05) is 0 Å². The van der Waals surface area contributed by atoms with Crippen molar-refractivity contribution in [1.29, 1.82) is 0 Å². The van der Waals surface area contributed by atoms with Gasteiger partial charge in [-0.05, 0) is 17.5 Å². The molecule has 0 amide bonds. The smallest absolute Gasteiger partial charge is 0.0594 e. The minimum Gasteiger partial charge on any atom is -0.395 e. The molecule has 1 heterocycles. The molecule has 0 radical (unpaired) electrons. The molecule has 3 nitrogen and oxygen atoms in total. The second-order valence-corrected chi connectivity index (χ2v) is 5.94. The highest BCUT2D eigenvalue weighted by Gasteiger charge is 2.18. The van der Waals surface area contributed by atoms with Crippen LogP contribution in [0.15, 0.2) is 24.3 Å². The molecule has 19 heavy (non-hydrogen) atoms. The van der Waals surface area contributed by atoms with Gasteiger partial charge >= 0.3 is 0 Å². The molecule has 1 fully saturated rings. The Balaban J connectivity index is 1.88. The Morgan fingerprint density at radius 1 is 1.16 bits per heavy atom. The van der Waals surface area contributed by atoms with Crippen molar-refractivity contribution in [2.24, 2.45) is 0 Å². The van der Waals surface area contributed by atoms with Crippen LogP contribution in [0.5, 0.6) is 0 Å². The number of hydrogen-bond acceptors (Lipinski definition) is 3. The van der Waals surface area contributed by atoms with Crippen LogP contribution in [0.1, 0.15) is 25.0 Å². The number of hydrogen-bond donors (Lipinski definition) is 1. The van der Waals surface area contributed by atoms with E-state index in [1.54, 1.807) is 0 Å². The van der Waals surface area contributed by atoms with Crippen LogP contribution in [0.3, 0.4) is 0 Å². The summed E-state index contributed by atoms with van der Waals surface area (Å²) in [7, 11) is 0. The Labute approximate surface area is 116 Å². The standard InChI is InChI=1S/C16H25NO2/c1-16(2,13-18)15-5-3-14(4-6-15)7-8-17-9-11-19-12-10-17/h3-6,18H,7-13H2,1-2H3. The summed E-state index contributed by atoms with van der Waals surface area (Å²) in [6, 6.07) is 8.66. The number of ether oxygens (including phenoxy) is 1. The minimum absolute atomic E-state index is 0.150. The SMILES string of the molecule is CC(C)(CO)c1ccc(CCN2CCOCC2)cc1. The maximum Gasteiger partial charge on any atom is 0.0594 e. The summed E-state index contributed by atoms with van der Waals surface area (Å²) in [5, 5.41) is 9.37. The lowest BCUT2D eigenvalue weighted by atomic mass is 9.85. The van der Waals surface area contributed by atoms with Crippen LogP contribution in [-0.2, 0) is 16.6 Å². The second kappa shape index (κ2) is 6.51. The Morgan fingerprint density at radius 3 is 2.37 bits per heavy atom. The van der Waals surface area contributed by atoms with E-state index in [0.717, 1.165) is 39.3 Å². The van der Waals surface area contributed by atoms with Gasteiger partial charge in [-0.1, -0.05) is 38.1 Å². The Hall–Kier alpha value is -0.900. The van der Waals surface area contributed by atoms with Crippen molar-refractivity contribution in [3.8, 4) is 0 Å². The third-order valence-corrected chi connectivity index (χ3v) is 3.95. The van der Waals surface area contributed by atoms with Gasteiger partial charge in [-0.2, -0.15) is 0 Å². The molecule has 1 aromatic carbocycles. The topological polar surface area (TPSA) is 32.7 Å². The summed E-state index contributed by atoms with van der Waals surface area (Å²) in [4.78, 5) is 2.45. The normalized spacial score (nSPS) is 17.6. The highest BCUT2D eigenvalue weighted by atomic mass is 16.5. The lowest BCUT2D eigenvalue weighted by Gasteiger charge is -2.26. The zero-order valence-corrected chi connectivity index (χ0v) is 12.1. The van der Waals surface area contributed by atoms with Crippen LogP contribution in [-0.4, -0.2) is 49.5 Å². The molecule has 0 bridgehead atoms. The summed E-state index contributed by atoms with van der Waals surface area (Å²) in [6.45, 7) is 9.25. The highest BCUT2D eigenvalue weighted by molar-refractivity contribution is 5.28. The summed E-state index contributed by atoms with van der Waals surface area (Å²) in [5.74, 6) is 0. The Bertz CT molecular complexity index is 380. The van der Waals surface area contributed by atoms with Gasteiger partial charge in [-0.15, -0.1) is 0 Å². The minimum atomic E-state index is -0.150. The van der Waals surface area contributed by atoms with Gasteiger partial charge < -0.3 is 9.84 Å². The number of morpholine rings is 1. The average Bonchev–Trinajstić information content (AvgIpc) is 2.47. The summed E-state index contributed by atoms with van der Waals surface area (Å²) >= 11 is 0. The zero-order chi connectivity index (χ0) is 13.7. The monoisotopic (exact) mass is 263 g/mol. The van der Waals surface area contributed by atoms with Crippen LogP contribution in [0.4, 0.5) is 0 Å². The molecule has 0 spiro atoms. The van der Waals surface area contributed by atoms with Crippen LogP contribution in [0.2, 0.25) is 0 Å². The first kappa shape index (κ1) is 14.5. The van der Waals surface area contributed by atoms with E-state index in [4.69, 9.17) is 4.74 Å². The van der Waals surface area contributed by atoms with Crippen LogP contribution in [0.25, 0.3) is 0 Å². The molecule has 106 valence electrons. The van der Waals surface area contributed by atoms with Crippen molar-refractivity contribution >= 4 is 0 Å². The van der Waals surface area contributed by atoms with Crippen molar-refractivity contribution in [3.05, 3.63) is 35.4 Å². The van der Waals surface area contributed by atoms with E-state index in [2.05, 4.69) is 43.0 Å². The molecular weight excluding hydrogens is 238 g/mol. The van der Waals surface area contributed by atoms with E-state index in [0.29, 0.717) is 0 Å². The number of aliphatic hydroxyl groups is 1. The van der Waals surface area contributed by atoms with E-state index >= 15 is 0 Å². The van der Waals surface area contributed by atoms with Crippen molar-refractivity contribution in [3.63, 3.8) is 0 Å². The first-order chi connectivity index (χ1) is 9.12. The van der Waals surface area contributed by atoms with Crippen LogP contribution < -0.4 is 0 Å². The molecule has 3 heteroatoms. The van der Waals surface area contributed by atoms with Gasteiger partial charge in [0.2, 0.25) is 0 Å². The molecule has 0 aromatic heterocycles. The predicted octanol–water partition coefficient (Wildman–Crippen LogP) is 1.83. The van der Waals surface area contributed by atoms with Gasteiger partial charge in [-0.3, -0.25) is 4.90 Å². The summed E-state index contributed by atoms with van der Waals surface area (Å²) in [5.41, 5.74) is 2.41. The predicted molar refractivity (Wildman–Crippen MR) is 77.5 cm³/mol. The second-order valence-electron chi connectivity index (χ2n) is 5.94. The maximum absolute atomic E-state index is 9.37. The summed E-state index contributed by atoms with van der Waals surface area (Å²) < 4.78 is 5.35. The first-order valence-corrected chi connectivity index (χ1v) is 7.12. The molecule has 1 aliphatic heterocycles. The maximum atomic E-state index is 9.37. The number of nitrogens with zero attached hydrogens (tertiary/aromatic N) is 1. The lowest BCUT2D eigenvalue weighted by molar-refractivity contribution is 0.0384. The third kappa shape index (κ3) is 4.03. The zero-order valence-electron chi connectivity index (χ0n) is 12.1. The number of benzene rings is 1. The molecule has 1 N–H and O–H groups in total. The number of rotatable bonds is 5. The summed E-state index contributed by atoms with van der Waals surface area (Å²) in [6.07, 6.45) is 1.08. The molecule has 0 aliphatic carbocycles. The highest BCUT2D eigenvalue weighted by Crippen LogP contribution is 2.22. The molecule has 0 atom stereocenters. The largest absolute Gasteiger partial charge is 0.395 e. The third-order valence-electron chi connectivity index (χ3n) is 3.95.